The average molecular weight is 413 g/mol. The molecule has 0 aliphatic heterocycles. The van der Waals surface area contributed by atoms with Gasteiger partial charge in [-0.3, -0.25) is 4.99 Å². The molecule has 0 spiro atoms. The molecule has 0 fully saturated rings. The van der Waals surface area contributed by atoms with E-state index in [1.54, 1.807) is 26.1 Å². The number of aromatic nitrogens is 2. The fourth-order valence-electron chi connectivity index (χ4n) is 2.39. The van der Waals surface area contributed by atoms with E-state index < -0.39 is 12.8 Å². The van der Waals surface area contributed by atoms with Crippen LogP contribution in [0.3, 0.4) is 0 Å². The summed E-state index contributed by atoms with van der Waals surface area (Å²) in [5, 5.41) is 10.1. The molecule has 2 rings (SSSR count). The molecular weight excluding hydrogens is 387 g/mol. The van der Waals surface area contributed by atoms with Crippen molar-refractivity contribution in [3.05, 3.63) is 41.0 Å². The van der Waals surface area contributed by atoms with Crippen LogP contribution in [0.2, 0.25) is 0 Å². The second kappa shape index (κ2) is 10.1. The fraction of sp³-hybridized carbons (Fsp3) is 0.526. The molecule has 2 N–H and O–H groups in total. The molecule has 0 saturated heterocycles. The molecule has 1 aromatic heterocycles. The van der Waals surface area contributed by atoms with Crippen molar-refractivity contribution < 1.29 is 22.4 Å². The maximum absolute atomic E-state index is 12.5. The van der Waals surface area contributed by atoms with Gasteiger partial charge in [0.1, 0.15) is 5.75 Å². The number of ether oxygens (including phenoxy) is 1. The third kappa shape index (κ3) is 7.63. The minimum Gasteiger partial charge on any atom is -0.484 e. The monoisotopic (exact) mass is 413 g/mol. The molecule has 2 aromatic rings. The van der Waals surface area contributed by atoms with Gasteiger partial charge in [-0.25, -0.2) is 0 Å². The highest BCUT2D eigenvalue weighted by molar-refractivity contribution is 5.79. The minimum atomic E-state index is -4.39. The zero-order valence-corrected chi connectivity index (χ0v) is 16.9. The number of aryl methyl sites for hydroxylation is 1. The van der Waals surface area contributed by atoms with Gasteiger partial charge in [0.2, 0.25) is 5.89 Å². The first-order valence-corrected chi connectivity index (χ1v) is 9.24. The Morgan fingerprint density at radius 1 is 1.28 bits per heavy atom. The lowest BCUT2D eigenvalue weighted by molar-refractivity contribution is -0.153. The van der Waals surface area contributed by atoms with E-state index >= 15 is 0 Å². The van der Waals surface area contributed by atoms with Crippen molar-refractivity contribution in [1.82, 2.24) is 20.8 Å². The van der Waals surface area contributed by atoms with Gasteiger partial charge in [-0.05, 0) is 18.6 Å². The van der Waals surface area contributed by atoms with E-state index in [2.05, 4.69) is 25.8 Å². The molecular formula is C19H26F3N5O2. The lowest BCUT2D eigenvalue weighted by Gasteiger charge is -2.16. The summed E-state index contributed by atoms with van der Waals surface area (Å²) in [6.07, 6.45) is -3.87. The Kier molecular flexibility index (Phi) is 7.86. The van der Waals surface area contributed by atoms with E-state index in [9.17, 15) is 13.2 Å². The Balaban J connectivity index is 1.88. The lowest BCUT2D eigenvalue weighted by Crippen LogP contribution is -2.38. The number of aliphatic imine (C=N–C) groups is 1. The van der Waals surface area contributed by atoms with Gasteiger partial charge in [-0.2, -0.15) is 18.2 Å². The third-order valence-electron chi connectivity index (χ3n) is 3.92. The summed E-state index contributed by atoms with van der Waals surface area (Å²) in [5.41, 5.74) is 1.41. The molecule has 0 aliphatic carbocycles. The Labute approximate surface area is 167 Å². The van der Waals surface area contributed by atoms with Crippen LogP contribution in [0.25, 0.3) is 0 Å². The van der Waals surface area contributed by atoms with Crippen LogP contribution in [-0.2, 0) is 13.0 Å². The summed E-state index contributed by atoms with van der Waals surface area (Å²) in [7, 11) is 1.61. The Hall–Kier alpha value is -2.78. The van der Waals surface area contributed by atoms with Gasteiger partial charge in [0.05, 0.1) is 0 Å². The zero-order chi connectivity index (χ0) is 21.4. The molecule has 0 radical (unpaired) electrons. The average Bonchev–Trinajstić information content (AvgIpc) is 3.12. The molecule has 0 unspecified atom stereocenters. The Bertz CT molecular complexity index is 818. The summed E-state index contributed by atoms with van der Waals surface area (Å²) >= 11 is 0. The molecule has 1 heterocycles. The maximum atomic E-state index is 12.5. The molecule has 29 heavy (non-hydrogen) atoms. The Morgan fingerprint density at radius 2 is 2.03 bits per heavy atom. The van der Waals surface area contributed by atoms with Crippen LogP contribution in [0.15, 0.2) is 27.7 Å². The number of hydrogen-bond donors (Lipinski definition) is 2. The fourth-order valence-corrected chi connectivity index (χ4v) is 2.39. The quantitative estimate of drug-likeness (QED) is 0.510. The smallest absolute Gasteiger partial charge is 0.422 e. The zero-order valence-electron chi connectivity index (χ0n) is 16.9. The third-order valence-corrected chi connectivity index (χ3v) is 3.92. The van der Waals surface area contributed by atoms with Crippen LogP contribution in [0.5, 0.6) is 5.75 Å². The first-order valence-electron chi connectivity index (χ1n) is 9.24. The molecule has 0 amide bonds. The molecule has 7 nitrogen and oxygen atoms in total. The summed E-state index contributed by atoms with van der Waals surface area (Å²) in [4.78, 5) is 8.41. The van der Waals surface area contributed by atoms with Crippen molar-refractivity contribution in [2.45, 2.75) is 45.8 Å². The summed E-state index contributed by atoms with van der Waals surface area (Å²) in [6, 6.07) is 5.13. The molecule has 0 atom stereocenters. The normalized spacial score (nSPS) is 12.3. The first-order chi connectivity index (χ1) is 13.7. The number of benzene rings is 1. The predicted molar refractivity (Wildman–Crippen MR) is 103 cm³/mol. The van der Waals surface area contributed by atoms with E-state index in [4.69, 9.17) is 9.26 Å². The summed E-state index contributed by atoms with van der Waals surface area (Å²) < 4.78 is 47.6. The number of halogens is 3. The van der Waals surface area contributed by atoms with E-state index in [1.807, 2.05) is 19.9 Å². The number of hydrogen-bond acceptors (Lipinski definition) is 5. The molecule has 0 bridgehead atoms. The van der Waals surface area contributed by atoms with Gasteiger partial charge < -0.3 is 19.9 Å². The molecule has 10 heteroatoms. The van der Waals surface area contributed by atoms with Crippen LogP contribution in [0.1, 0.15) is 42.6 Å². The van der Waals surface area contributed by atoms with Crippen LogP contribution in [0, 0.1) is 6.92 Å². The van der Waals surface area contributed by atoms with Crippen molar-refractivity contribution in [2.24, 2.45) is 4.99 Å². The van der Waals surface area contributed by atoms with Crippen LogP contribution >= 0.6 is 0 Å². The van der Waals surface area contributed by atoms with Crippen molar-refractivity contribution in [3.8, 4) is 5.75 Å². The van der Waals surface area contributed by atoms with Gasteiger partial charge in [-0.15, -0.1) is 0 Å². The number of alkyl halides is 3. The molecule has 1 aromatic carbocycles. The van der Waals surface area contributed by atoms with Crippen molar-refractivity contribution in [3.63, 3.8) is 0 Å². The molecule has 0 aliphatic rings. The molecule has 0 saturated carbocycles. The second-order valence-corrected chi connectivity index (χ2v) is 6.82. The van der Waals surface area contributed by atoms with Crippen molar-refractivity contribution in [2.75, 3.05) is 20.2 Å². The SMILES string of the molecule is CN=C(NCCc1nc(C(C)C)no1)NCc1ccc(C)cc1OCC(F)(F)F. The topological polar surface area (TPSA) is 84.6 Å². The van der Waals surface area contributed by atoms with Crippen LogP contribution in [0.4, 0.5) is 13.2 Å². The number of nitrogens with zero attached hydrogens (tertiary/aromatic N) is 3. The van der Waals surface area contributed by atoms with Gasteiger partial charge >= 0.3 is 6.18 Å². The van der Waals surface area contributed by atoms with E-state index in [0.717, 1.165) is 5.56 Å². The second-order valence-electron chi connectivity index (χ2n) is 6.82. The first kappa shape index (κ1) is 22.5. The molecule has 160 valence electrons. The van der Waals surface area contributed by atoms with Crippen molar-refractivity contribution >= 4 is 5.96 Å². The lowest BCUT2D eigenvalue weighted by atomic mass is 10.1. The van der Waals surface area contributed by atoms with Gasteiger partial charge in [0.15, 0.2) is 18.4 Å². The highest BCUT2D eigenvalue weighted by Gasteiger charge is 2.28. The largest absolute Gasteiger partial charge is 0.484 e. The van der Waals surface area contributed by atoms with E-state index in [0.29, 0.717) is 36.2 Å². The van der Waals surface area contributed by atoms with Crippen LogP contribution in [-0.4, -0.2) is 42.5 Å². The standard InChI is InChI=1S/C19H26F3N5O2/c1-12(2)17-26-16(29-27-17)7-8-24-18(23-4)25-10-14-6-5-13(3)9-15(14)28-11-19(20,21)22/h5-6,9,12H,7-8,10-11H2,1-4H3,(H2,23,24,25). The number of guanidine groups is 1. The number of rotatable bonds is 8. The van der Waals surface area contributed by atoms with E-state index in [-0.39, 0.29) is 18.2 Å². The summed E-state index contributed by atoms with van der Waals surface area (Å²) in [5.74, 6) is 2.07. The van der Waals surface area contributed by atoms with Gasteiger partial charge in [0.25, 0.3) is 0 Å². The number of nitrogens with one attached hydrogen (secondary N) is 2. The van der Waals surface area contributed by atoms with Gasteiger partial charge in [0, 0.05) is 38.0 Å². The Morgan fingerprint density at radius 3 is 2.66 bits per heavy atom. The highest BCUT2D eigenvalue weighted by Crippen LogP contribution is 2.23. The van der Waals surface area contributed by atoms with E-state index in [1.165, 1.54) is 0 Å². The maximum Gasteiger partial charge on any atom is 0.422 e. The van der Waals surface area contributed by atoms with Crippen molar-refractivity contribution in [1.29, 1.82) is 0 Å². The van der Waals surface area contributed by atoms with Crippen LogP contribution < -0.4 is 15.4 Å². The minimum absolute atomic E-state index is 0.192. The summed E-state index contributed by atoms with van der Waals surface area (Å²) in [6.45, 7) is 5.18. The van der Waals surface area contributed by atoms with Gasteiger partial charge in [-0.1, -0.05) is 31.1 Å². The predicted octanol–water partition coefficient (Wildman–Crippen LogP) is 3.35. The highest BCUT2D eigenvalue weighted by atomic mass is 19.4.